The number of pyridine rings is 1. The molecule has 0 spiro atoms. The van der Waals surface area contributed by atoms with E-state index >= 15 is 0 Å². The highest BCUT2D eigenvalue weighted by molar-refractivity contribution is 7.98. The fourth-order valence-corrected chi connectivity index (χ4v) is 4.76. The number of methoxy groups -OCH3 is 1. The smallest absolute Gasteiger partial charge is 0.258 e. The normalized spacial score (nSPS) is 11.1. The van der Waals surface area contributed by atoms with Gasteiger partial charge in [0.25, 0.3) is 5.56 Å². The van der Waals surface area contributed by atoms with Gasteiger partial charge >= 0.3 is 0 Å². The first kappa shape index (κ1) is 22.9. The molecule has 5 rings (SSSR count). The minimum Gasteiger partial charge on any atom is -0.497 e. The van der Waals surface area contributed by atoms with Crippen molar-refractivity contribution in [1.82, 2.24) is 24.1 Å². The van der Waals surface area contributed by atoms with Gasteiger partial charge in [0, 0.05) is 30.1 Å². The van der Waals surface area contributed by atoms with Gasteiger partial charge in [-0.25, -0.2) is 4.98 Å². The van der Waals surface area contributed by atoms with E-state index in [-0.39, 0.29) is 5.56 Å². The van der Waals surface area contributed by atoms with E-state index in [0.717, 1.165) is 40.8 Å². The second-order valence-corrected chi connectivity index (χ2v) is 9.17. The fraction of sp³-hybridized carbons (Fsp3) is 0.185. The lowest BCUT2D eigenvalue weighted by molar-refractivity contribution is 0.415. The van der Waals surface area contributed by atoms with Crippen molar-refractivity contribution >= 4 is 17.4 Å². The molecule has 0 N–H and O–H groups in total. The van der Waals surface area contributed by atoms with Crippen LogP contribution in [0, 0.1) is 6.92 Å². The van der Waals surface area contributed by atoms with Gasteiger partial charge in [0.1, 0.15) is 11.4 Å². The molecule has 0 amide bonds. The van der Waals surface area contributed by atoms with Gasteiger partial charge in [-0.15, -0.1) is 10.2 Å². The van der Waals surface area contributed by atoms with Crippen LogP contribution in [0.25, 0.3) is 17.0 Å². The van der Waals surface area contributed by atoms with Gasteiger partial charge in [-0.05, 0) is 54.8 Å². The summed E-state index contributed by atoms with van der Waals surface area (Å²) in [5.41, 5.74) is 4.50. The summed E-state index contributed by atoms with van der Waals surface area (Å²) in [6.45, 7) is 2.69. The lowest BCUT2D eigenvalue weighted by Gasteiger charge is -2.11. The summed E-state index contributed by atoms with van der Waals surface area (Å²) in [7, 11) is 1.65. The van der Waals surface area contributed by atoms with Gasteiger partial charge < -0.3 is 9.30 Å². The predicted octanol–water partition coefficient (Wildman–Crippen LogP) is 4.81. The monoisotopic (exact) mass is 483 g/mol. The molecule has 2 aromatic carbocycles. The van der Waals surface area contributed by atoms with Crippen molar-refractivity contribution in [2.24, 2.45) is 0 Å². The average Bonchev–Trinajstić information content (AvgIpc) is 3.30. The molecule has 7 nitrogen and oxygen atoms in total. The van der Waals surface area contributed by atoms with Crippen molar-refractivity contribution in [1.29, 1.82) is 0 Å². The Labute approximate surface area is 207 Å². The maximum absolute atomic E-state index is 12.6. The van der Waals surface area contributed by atoms with E-state index in [9.17, 15) is 4.79 Å². The average molecular weight is 484 g/mol. The second-order valence-electron chi connectivity index (χ2n) is 8.23. The molecule has 0 saturated carbocycles. The third-order valence-corrected chi connectivity index (χ3v) is 6.74. The van der Waals surface area contributed by atoms with Gasteiger partial charge in [0.15, 0.2) is 11.0 Å². The Morgan fingerprint density at radius 2 is 1.77 bits per heavy atom. The van der Waals surface area contributed by atoms with Gasteiger partial charge in [-0.2, -0.15) is 0 Å². The number of nitrogens with zero attached hydrogens (tertiary/aromatic N) is 5. The summed E-state index contributed by atoms with van der Waals surface area (Å²) < 4.78 is 9.01. The van der Waals surface area contributed by atoms with E-state index in [0.29, 0.717) is 17.1 Å². The van der Waals surface area contributed by atoms with Crippen molar-refractivity contribution in [2.45, 2.75) is 30.8 Å². The van der Waals surface area contributed by atoms with Crippen LogP contribution in [0.4, 0.5) is 0 Å². The van der Waals surface area contributed by atoms with Gasteiger partial charge in [0.05, 0.1) is 12.8 Å². The Morgan fingerprint density at radius 3 is 2.54 bits per heavy atom. The SMILES string of the molecule is COc1ccc(-c2nnc(SCc3cc(=O)n4cc(C)ccc4n3)n2CCc2ccccc2)cc1. The lowest BCUT2D eigenvalue weighted by atomic mass is 10.1. The molecule has 0 unspecified atom stereocenters. The van der Waals surface area contributed by atoms with Crippen LogP contribution in [0.15, 0.2) is 88.9 Å². The minimum absolute atomic E-state index is 0.0845. The number of hydrogen-bond donors (Lipinski definition) is 0. The lowest BCUT2D eigenvalue weighted by Crippen LogP contribution is -2.15. The number of hydrogen-bond acceptors (Lipinski definition) is 6. The van der Waals surface area contributed by atoms with Crippen molar-refractivity contribution < 1.29 is 4.74 Å². The molecule has 176 valence electrons. The fourth-order valence-electron chi connectivity index (χ4n) is 3.91. The van der Waals surface area contributed by atoms with Crippen LogP contribution in [0.5, 0.6) is 5.75 Å². The number of fused-ring (bicyclic) bond motifs is 1. The second kappa shape index (κ2) is 10.1. The Morgan fingerprint density at radius 1 is 0.971 bits per heavy atom. The summed E-state index contributed by atoms with van der Waals surface area (Å²) in [6.07, 6.45) is 2.66. The van der Waals surface area contributed by atoms with Crippen LogP contribution < -0.4 is 10.3 Å². The van der Waals surface area contributed by atoms with Crippen LogP contribution in [0.3, 0.4) is 0 Å². The molecule has 0 aliphatic rings. The zero-order valence-electron chi connectivity index (χ0n) is 19.6. The van der Waals surface area contributed by atoms with Crippen molar-refractivity contribution in [3.05, 3.63) is 106 Å². The number of thioether (sulfide) groups is 1. The Hall–Kier alpha value is -3.91. The van der Waals surface area contributed by atoms with E-state index in [4.69, 9.17) is 4.74 Å². The first-order chi connectivity index (χ1) is 17.1. The molecule has 35 heavy (non-hydrogen) atoms. The molecule has 3 aromatic heterocycles. The summed E-state index contributed by atoms with van der Waals surface area (Å²) >= 11 is 1.53. The molecule has 0 saturated heterocycles. The van der Waals surface area contributed by atoms with E-state index < -0.39 is 0 Å². The van der Waals surface area contributed by atoms with E-state index in [1.54, 1.807) is 17.6 Å². The molecule has 0 radical (unpaired) electrons. The number of aryl methyl sites for hydroxylation is 2. The number of aromatic nitrogens is 5. The largest absolute Gasteiger partial charge is 0.497 e. The standard InChI is InChI=1S/C27H25N5O2S/c1-19-8-13-24-28-22(16-25(33)32(24)17-19)18-35-27-30-29-26(21-9-11-23(34-2)12-10-21)31(27)15-14-20-6-4-3-5-7-20/h3-13,16-17H,14-15,18H2,1-2H3. The molecular weight excluding hydrogens is 458 g/mol. The molecule has 0 atom stereocenters. The van der Waals surface area contributed by atoms with Crippen LogP contribution in [-0.2, 0) is 18.7 Å². The van der Waals surface area contributed by atoms with Crippen molar-refractivity contribution in [2.75, 3.05) is 7.11 Å². The molecule has 0 aliphatic carbocycles. The molecular formula is C27H25N5O2S. The molecule has 8 heteroatoms. The molecule has 0 fully saturated rings. The molecule has 3 heterocycles. The molecule has 5 aromatic rings. The summed E-state index contributed by atoms with van der Waals surface area (Å²) in [4.78, 5) is 17.3. The third-order valence-electron chi connectivity index (χ3n) is 5.74. The maximum atomic E-state index is 12.6. The van der Waals surface area contributed by atoms with Gasteiger partial charge in [-0.3, -0.25) is 9.20 Å². The third kappa shape index (κ3) is 5.12. The zero-order chi connectivity index (χ0) is 24.2. The van der Waals surface area contributed by atoms with Crippen molar-refractivity contribution in [3.8, 4) is 17.1 Å². The molecule has 0 aliphatic heterocycles. The van der Waals surface area contributed by atoms with Crippen molar-refractivity contribution in [3.63, 3.8) is 0 Å². The Balaban J connectivity index is 1.43. The number of ether oxygens (including phenoxy) is 1. The number of benzene rings is 2. The van der Waals surface area contributed by atoms with E-state index in [2.05, 4.69) is 31.9 Å². The van der Waals surface area contributed by atoms with Gasteiger partial charge in [0.2, 0.25) is 0 Å². The quantitative estimate of drug-likeness (QED) is 0.295. The summed E-state index contributed by atoms with van der Waals surface area (Å²) in [5, 5.41) is 9.79. The Bertz CT molecular complexity index is 1510. The van der Waals surface area contributed by atoms with Crippen LogP contribution in [0.1, 0.15) is 16.8 Å². The first-order valence-electron chi connectivity index (χ1n) is 11.3. The minimum atomic E-state index is -0.0845. The summed E-state index contributed by atoms with van der Waals surface area (Å²) in [6, 6.07) is 23.6. The predicted molar refractivity (Wildman–Crippen MR) is 138 cm³/mol. The zero-order valence-corrected chi connectivity index (χ0v) is 20.4. The van der Waals surface area contributed by atoms with Crippen LogP contribution in [0.2, 0.25) is 0 Å². The highest BCUT2D eigenvalue weighted by atomic mass is 32.2. The first-order valence-corrected chi connectivity index (χ1v) is 12.3. The highest BCUT2D eigenvalue weighted by Gasteiger charge is 2.16. The summed E-state index contributed by atoms with van der Waals surface area (Å²) in [5.74, 6) is 2.11. The highest BCUT2D eigenvalue weighted by Crippen LogP contribution is 2.27. The van der Waals surface area contributed by atoms with E-state index in [1.165, 1.54) is 17.3 Å². The van der Waals surface area contributed by atoms with E-state index in [1.807, 2.05) is 67.7 Å². The maximum Gasteiger partial charge on any atom is 0.258 e. The van der Waals surface area contributed by atoms with Crippen LogP contribution >= 0.6 is 11.8 Å². The number of rotatable bonds is 8. The molecule has 0 bridgehead atoms. The topological polar surface area (TPSA) is 74.3 Å². The Kier molecular flexibility index (Phi) is 6.63. The van der Waals surface area contributed by atoms with Gasteiger partial charge in [-0.1, -0.05) is 48.2 Å². The van der Waals surface area contributed by atoms with Crippen LogP contribution in [-0.4, -0.2) is 31.3 Å².